The van der Waals surface area contributed by atoms with E-state index >= 15 is 0 Å². The van der Waals surface area contributed by atoms with Gasteiger partial charge in [-0.15, -0.1) is 0 Å². The molecule has 0 saturated heterocycles. The number of carbonyl (C=O) groups excluding carboxylic acids is 1. The Morgan fingerprint density at radius 1 is 1.12 bits per heavy atom. The predicted octanol–water partition coefficient (Wildman–Crippen LogP) is 2.91. The van der Waals surface area contributed by atoms with Gasteiger partial charge >= 0.3 is 0 Å². The minimum atomic E-state index is -1.11. The fourth-order valence-electron chi connectivity index (χ4n) is 3.51. The molecule has 2 N–H and O–H groups in total. The lowest BCUT2D eigenvalue weighted by Crippen LogP contribution is -2.43. The lowest BCUT2D eigenvalue weighted by atomic mass is 9.80. The van der Waals surface area contributed by atoms with Crippen molar-refractivity contribution >= 4 is 11.9 Å². The van der Waals surface area contributed by atoms with Crippen LogP contribution in [0.3, 0.4) is 0 Å². The molecule has 5 nitrogen and oxygen atoms in total. The fourth-order valence-corrected chi connectivity index (χ4v) is 3.51. The van der Waals surface area contributed by atoms with Crippen LogP contribution >= 0.6 is 0 Å². The van der Waals surface area contributed by atoms with Crippen LogP contribution in [-0.4, -0.2) is 21.8 Å². The van der Waals surface area contributed by atoms with Gasteiger partial charge < -0.3 is 5.73 Å². The smallest absolute Gasteiger partial charge is 0.266 e. The van der Waals surface area contributed by atoms with Gasteiger partial charge in [0.25, 0.3) is 5.91 Å². The zero-order chi connectivity index (χ0) is 18.0. The molecule has 4 rings (SSSR count). The van der Waals surface area contributed by atoms with Crippen molar-refractivity contribution in [3.8, 4) is 0 Å². The Bertz CT molecular complexity index is 902. The average molecular weight is 344 g/mol. The Balaban J connectivity index is 1.79. The summed E-state index contributed by atoms with van der Waals surface area (Å²) in [6, 6.07) is 13.4. The Kier molecular flexibility index (Phi) is 4.13. The molecule has 0 spiro atoms. The highest BCUT2D eigenvalue weighted by molar-refractivity contribution is 6.09. The van der Waals surface area contributed by atoms with Crippen molar-refractivity contribution in [3.05, 3.63) is 89.8 Å². The van der Waals surface area contributed by atoms with Crippen LogP contribution in [-0.2, 0) is 16.9 Å². The Labute approximate surface area is 152 Å². The van der Waals surface area contributed by atoms with E-state index in [0.29, 0.717) is 6.54 Å². The second-order valence-electron chi connectivity index (χ2n) is 6.44. The Morgan fingerprint density at radius 2 is 1.96 bits per heavy atom. The van der Waals surface area contributed by atoms with Crippen LogP contribution in [0.25, 0.3) is 0 Å². The van der Waals surface area contributed by atoms with Crippen LogP contribution in [0.5, 0.6) is 0 Å². The maximum absolute atomic E-state index is 13.6. The molecule has 1 aromatic heterocycles. The summed E-state index contributed by atoms with van der Waals surface area (Å²) in [6.07, 6.45) is 11.5. The number of benzene rings is 1. The van der Waals surface area contributed by atoms with Crippen molar-refractivity contribution in [2.24, 2.45) is 10.7 Å². The van der Waals surface area contributed by atoms with E-state index in [1.165, 1.54) is 0 Å². The summed E-state index contributed by atoms with van der Waals surface area (Å²) >= 11 is 0. The highest BCUT2D eigenvalue weighted by atomic mass is 16.2. The normalized spacial score (nSPS) is 22.3. The number of allylic oxidation sites excluding steroid dienone is 2. The Hall–Kier alpha value is -3.21. The fraction of sp³-hybridized carbons (Fsp3) is 0.190. The van der Waals surface area contributed by atoms with E-state index in [1.54, 1.807) is 17.3 Å². The largest absolute Gasteiger partial charge is 0.369 e. The number of aliphatic imine (C=N–C) groups is 1. The molecule has 26 heavy (non-hydrogen) atoms. The first-order chi connectivity index (χ1) is 12.7. The number of pyridine rings is 1. The van der Waals surface area contributed by atoms with E-state index in [-0.39, 0.29) is 11.9 Å². The third-order valence-electron chi connectivity index (χ3n) is 4.78. The molecular formula is C21H20N4O. The summed E-state index contributed by atoms with van der Waals surface area (Å²) in [5.41, 5.74) is 7.75. The van der Waals surface area contributed by atoms with Crippen molar-refractivity contribution < 1.29 is 4.79 Å². The van der Waals surface area contributed by atoms with Crippen LogP contribution in [0.15, 0.2) is 83.7 Å². The summed E-state index contributed by atoms with van der Waals surface area (Å²) in [6.45, 7) is 0.355. The number of hydrogen-bond donors (Lipinski definition) is 1. The zero-order valence-corrected chi connectivity index (χ0v) is 14.4. The maximum Gasteiger partial charge on any atom is 0.266 e. The Morgan fingerprint density at radius 3 is 2.65 bits per heavy atom. The summed E-state index contributed by atoms with van der Waals surface area (Å²) in [4.78, 5) is 24.0. The van der Waals surface area contributed by atoms with Gasteiger partial charge in [-0.05, 0) is 35.6 Å². The second kappa shape index (κ2) is 6.59. The summed E-state index contributed by atoms with van der Waals surface area (Å²) < 4.78 is 0. The first-order valence-electron chi connectivity index (χ1n) is 8.71. The molecule has 2 aromatic rings. The van der Waals surface area contributed by atoms with Crippen molar-refractivity contribution in [3.63, 3.8) is 0 Å². The first-order valence-corrected chi connectivity index (χ1v) is 8.71. The van der Waals surface area contributed by atoms with Gasteiger partial charge in [0, 0.05) is 12.4 Å². The highest BCUT2D eigenvalue weighted by Crippen LogP contribution is 2.41. The monoisotopic (exact) mass is 344 g/mol. The molecule has 5 heteroatoms. The molecule has 2 heterocycles. The van der Waals surface area contributed by atoms with E-state index in [1.807, 2.05) is 48.5 Å². The van der Waals surface area contributed by atoms with Gasteiger partial charge in [-0.2, -0.15) is 0 Å². The van der Waals surface area contributed by atoms with Crippen LogP contribution in [0.2, 0.25) is 0 Å². The van der Waals surface area contributed by atoms with Gasteiger partial charge in [-0.3, -0.25) is 14.7 Å². The van der Waals surface area contributed by atoms with Crippen molar-refractivity contribution in [1.82, 2.24) is 9.88 Å². The number of nitrogens with two attached hydrogens (primary N) is 1. The van der Waals surface area contributed by atoms with Gasteiger partial charge in [0.15, 0.2) is 11.5 Å². The van der Waals surface area contributed by atoms with Gasteiger partial charge in [-0.25, -0.2) is 4.99 Å². The van der Waals surface area contributed by atoms with Gasteiger partial charge in [0.2, 0.25) is 0 Å². The van der Waals surface area contributed by atoms with Gasteiger partial charge in [-0.1, -0.05) is 54.6 Å². The molecule has 0 radical (unpaired) electrons. The second-order valence-corrected chi connectivity index (χ2v) is 6.44. The molecule has 0 bridgehead atoms. The third kappa shape index (κ3) is 2.62. The standard InChI is InChI=1S/C21H20N4O/c22-20-24-21(17-9-3-1-4-10-17,18-11-5-2-6-12-18)19(26)25(20)15-16-8-7-13-23-14-16/h1,3-5,7-14H,2,6,15H2,(H2,22,24). The molecule has 1 aromatic carbocycles. The number of hydrogen-bond acceptors (Lipinski definition) is 4. The quantitative estimate of drug-likeness (QED) is 0.927. The maximum atomic E-state index is 13.6. The minimum Gasteiger partial charge on any atom is -0.369 e. The number of nitrogens with zero attached hydrogens (tertiary/aromatic N) is 3. The highest BCUT2D eigenvalue weighted by Gasteiger charge is 2.51. The number of carbonyl (C=O) groups is 1. The average Bonchev–Trinajstić information content (AvgIpc) is 2.96. The molecule has 130 valence electrons. The van der Waals surface area contributed by atoms with Crippen LogP contribution in [0.4, 0.5) is 0 Å². The van der Waals surface area contributed by atoms with Crippen LogP contribution < -0.4 is 5.73 Å². The number of guanidine groups is 1. The van der Waals surface area contributed by atoms with E-state index in [4.69, 9.17) is 10.7 Å². The van der Waals surface area contributed by atoms with Crippen LogP contribution in [0.1, 0.15) is 24.0 Å². The third-order valence-corrected chi connectivity index (χ3v) is 4.78. The molecule has 1 aliphatic carbocycles. The molecule has 0 saturated carbocycles. The molecule has 0 fully saturated rings. The van der Waals surface area contributed by atoms with Crippen molar-refractivity contribution in [2.45, 2.75) is 24.9 Å². The molecule has 1 amide bonds. The van der Waals surface area contributed by atoms with E-state index in [0.717, 1.165) is 29.5 Å². The topological polar surface area (TPSA) is 71.6 Å². The lowest BCUT2D eigenvalue weighted by Gasteiger charge is -2.29. The number of amides is 1. The number of aromatic nitrogens is 1. The molecule has 1 unspecified atom stereocenters. The molecule has 2 aliphatic rings. The SMILES string of the molecule is NC1=NC(C2=CCCC=C2)(c2ccccc2)C(=O)N1Cc1cccnc1. The summed E-state index contributed by atoms with van der Waals surface area (Å²) in [7, 11) is 0. The molecule has 1 aliphatic heterocycles. The predicted molar refractivity (Wildman–Crippen MR) is 101 cm³/mol. The number of rotatable bonds is 4. The van der Waals surface area contributed by atoms with E-state index < -0.39 is 5.54 Å². The van der Waals surface area contributed by atoms with Gasteiger partial charge in [0.05, 0.1) is 6.54 Å². The lowest BCUT2D eigenvalue weighted by molar-refractivity contribution is -0.130. The van der Waals surface area contributed by atoms with Crippen LogP contribution in [0, 0.1) is 0 Å². The van der Waals surface area contributed by atoms with Crippen molar-refractivity contribution in [2.75, 3.05) is 0 Å². The van der Waals surface area contributed by atoms with Gasteiger partial charge in [0.1, 0.15) is 0 Å². The zero-order valence-electron chi connectivity index (χ0n) is 14.4. The van der Waals surface area contributed by atoms with E-state index in [2.05, 4.69) is 17.1 Å². The first kappa shape index (κ1) is 16.3. The van der Waals surface area contributed by atoms with Crippen molar-refractivity contribution in [1.29, 1.82) is 0 Å². The summed E-state index contributed by atoms with van der Waals surface area (Å²) in [5, 5.41) is 0. The van der Waals surface area contributed by atoms with E-state index in [9.17, 15) is 4.79 Å². The molecule has 1 atom stereocenters. The molecular weight excluding hydrogens is 324 g/mol. The minimum absolute atomic E-state index is 0.122. The summed E-state index contributed by atoms with van der Waals surface area (Å²) in [5.74, 6) is 0.116.